The van der Waals surface area contributed by atoms with Crippen LogP contribution >= 0.6 is 11.3 Å². The number of amides is 2. The Hall–Kier alpha value is -1.63. The number of urea groups is 1. The molecular formula is C11H17N3O3S. The fraction of sp³-hybridized carbons (Fsp3) is 0.545. The van der Waals surface area contributed by atoms with Crippen LogP contribution in [0.4, 0.5) is 4.79 Å². The predicted molar refractivity (Wildman–Crippen MR) is 68.8 cm³/mol. The van der Waals surface area contributed by atoms with Gasteiger partial charge in [0.2, 0.25) is 0 Å². The van der Waals surface area contributed by atoms with Gasteiger partial charge in [0.05, 0.1) is 23.2 Å². The minimum absolute atomic E-state index is 0.0828. The zero-order chi connectivity index (χ0) is 13.7. The van der Waals surface area contributed by atoms with Crippen LogP contribution in [0.1, 0.15) is 35.0 Å². The van der Waals surface area contributed by atoms with E-state index in [0.717, 1.165) is 15.6 Å². The largest absolute Gasteiger partial charge is 0.481 e. The maximum atomic E-state index is 11.5. The first kappa shape index (κ1) is 14.4. The molecule has 1 heterocycles. The number of carboxylic acid groups (broad SMARTS) is 1. The van der Waals surface area contributed by atoms with E-state index in [-0.39, 0.29) is 25.0 Å². The monoisotopic (exact) mass is 271 g/mol. The molecule has 0 aliphatic carbocycles. The fourth-order valence-electron chi connectivity index (χ4n) is 1.54. The van der Waals surface area contributed by atoms with Crippen LogP contribution in [0.2, 0.25) is 0 Å². The molecule has 0 aliphatic rings. The Morgan fingerprint density at radius 3 is 2.61 bits per heavy atom. The highest BCUT2D eigenvalue weighted by Crippen LogP contribution is 2.24. The number of aryl methyl sites for hydroxylation is 2. The minimum atomic E-state index is -0.933. The number of aromatic nitrogens is 1. The number of hydrogen-bond donors (Lipinski definition) is 3. The van der Waals surface area contributed by atoms with Gasteiger partial charge in [-0.05, 0) is 20.8 Å². The third-order valence-corrected chi connectivity index (χ3v) is 3.56. The van der Waals surface area contributed by atoms with E-state index in [1.54, 1.807) is 11.3 Å². The molecule has 0 spiro atoms. The molecule has 1 aromatic heterocycles. The molecule has 1 rings (SSSR count). The molecule has 7 heteroatoms. The van der Waals surface area contributed by atoms with Crippen molar-refractivity contribution in [1.82, 2.24) is 15.6 Å². The van der Waals surface area contributed by atoms with E-state index < -0.39 is 5.97 Å². The van der Waals surface area contributed by atoms with Crippen molar-refractivity contribution in [3.63, 3.8) is 0 Å². The van der Waals surface area contributed by atoms with Crippen molar-refractivity contribution in [2.24, 2.45) is 0 Å². The zero-order valence-electron chi connectivity index (χ0n) is 10.6. The third kappa shape index (κ3) is 4.33. The number of aliphatic carboxylic acids is 1. The van der Waals surface area contributed by atoms with Crippen LogP contribution in [0.5, 0.6) is 0 Å². The SMILES string of the molecule is Cc1nc(C)c(C(C)NC(=O)NCCC(=O)O)s1. The highest BCUT2D eigenvalue weighted by Gasteiger charge is 2.15. The number of carbonyl (C=O) groups is 2. The van der Waals surface area contributed by atoms with Crippen molar-refractivity contribution in [3.8, 4) is 0 Å². The van der Waals surface area contributed by atoms with Gasteiger partial charge in [0, 0.05) is 11.4 Å². The van der Waals surface area contributed by atoms with E-state index in [2.05, 4.69) is 15.6 Å². The summed E-state index contributed by atoms with van der Waals surface area (Å²) < 4.78 is 0. The lowest BCUT2D eigenvalue weighted by molar-refractivity contribution is -0.136. The third-order valence-electron chi connectivity index (χ3n) is 2.30. The summed E-state index contributed by atoms with van der Waals surface area (Å²) in [6.07, 6.45) is -0.0828. The lowest BCUT2D eigenvalue weighted by atomic mass is 10.2. The first-order chi connectivity index (χ1) is 8.40. The van der Waals surface area contributed by atoms with Gasteiger partial charge in [-0.15, -0.1) is 11.3 Å². The summed E-state index contributed by atoms with van der Waals surface area (Å²) in [6, 6.07) is -0.504. The van der Waals surface area contributed by atoms with Crippen molar-refractivity contribution in [2.75, 3.05) is 6.54 Å². The lowest BCUT2D eigenvalue weighted by Crippen LogP contribution is -2.37. The quantitative estimate of drug-likeness (QED) is 0.758. The standard InChI is InChI=1S/C11H17N3O3S/c1-6-10(18-8(3)13-6)7(2)14-11(17)12-5-4-9(15)16/h7H,4-5H2,1-3H3,(H,15,16)(H2,12,14,17). The molecule has 1 aromatic rings. The van der Waals surface area contributed by atoms with Crippen molar-refractivity contribution in [1.29, 1.82) is 0 Å². The van der Waals surface area contributed by atoms with Crippen molar-refractivity contribution < 1.29 is 14.7 Å². The van der Waals surface area contributed by atoms with Crippen LogP contribution in [0.15, 0.2) is 0 Å². The Balaban J connectivity index is 2.44. The Bertz CT molecular complexity index is 445. The van der Waals surface area contributed by atoms with Gasteiger partial charge in [0.25, 0.3) is 0 Å². The second-order valence-corrected chi connectivity index (χ2v) is 5.18. The molecular weight excluding hydrogens is 254 g/mol. The first-order valence-electron chi connectivity index (χ1n) is 5.60. The van der Waals surface area contributed by atoms with Gasteiger partial charge < -0.3 is 15.7 Å². The molecule has 3 N–H and O–H groups in total. The molecule has 0 bridgehead atoms. The van der Waals surface area contributed by atoms with E-state index >= 15 is 0 Å². The van der Waals surface area contributed by atoms with E-state index in [4.69, 9.17) is 5.11 Å². The van der Waals surface area contributed by atoms with Crippen molar-refractivity contribution in [2.45, 2.75) is 33.2 Å². The average molecular weight is 271 g/mol. The zero-order valence-corrected chi connectivity index (χ0v) is 11.4. The number of nitrogens with one attached hydrogen (secondary N) is 2. The van der Waals surface area contributed by atoms with Crippen molar-refractivity contribution >= 4 is 23.3 Å². The van der Waals surface area contributed by atoms with Crippen LogP contribution in [0.25, 0.3) is 0 Å². The summed E-state index contributed by atoms with van der Waals surface area (Å²) in [5.74, 6) is -0.933. The van der Waals surface area contributed by atoms with E-state index in [1.807, 2.05) is 20.8 Å². The second-order valence-electron chi connectivity index (χ2n) is 3.95. The number of nitrogens with zero attached hydrogens (tertiary/aromatic N) is 1. The average Bonchev–Trinajstić information content (AvgIpc) is 2.57. The summed E-state index contributed by atoms with van der Waals surface area (Å²) in [5.41, 5.74) is 0.913. The molecule has 0 saturated heterocycles. The molecule has 0 aliphatic heterocycles. The molecule has 1 atom stereocenters. The Labute approximate surface area is 109 Å². The van der Waals surface area contributed by atoms with Gasteiger partial charge in [-0.3, -0.25) is 4.79 Å². The molecule has 2 amide bonds. The first-order valence-corrected chi connectivity index (χ1v) is 6.42. The Morgan fingerprint density at radius 2 is 2.11 bits per heavy atom. The summed E-state index contributed by atoms with van der Waals surface area (Å²) in [5, 5.41) is 14.7. The number of carbonyl (C=O) groups excluding carboxylic acids is 1. The molecule has 100 valence electrons. The van der Waals surface area contributed by atoms with E-state index in [0.29, 0.717) is 0 Å². The van der Waals surface area contributed by atoms with E-state index in [1.165, 1.54) is 0 Å². The fourth-order valence-corrected chi connectivity index (χ4v) is 2.47. The molecule has 0 saturated carbocycles. The topological polar surface area (TPSA) is 91.3 Å². The number of thiazole rings is 1. The number of carboxylic acids is 1. The molecule has 0 fully saturated rings. The molecule has 1 unspecified atom stereocenters. The van der Waals surface area contributed by atoms with E-state index in [9.17, 15) is 9.59 Å². The number of hydrogen-bond acceptors (Lipinski definition) is 4. The maximum Gasteiger partial charge on any atom is 0.315 e. The van der Waals surface area contributed by atoms with Gasteiger partial charge in [-0.25, -0.2) is 9.78 Å². The second kappa shape index (κ2) is 6.34. The summed E-state index contributed by atoms with van der Waals surface area (Å²) in [6.45, 7) is 5.81. The van der Waals surface area contributed by atoms with Gasteiger partial charge in [0.1, 0.15) is 0 Å². The highest BCUT2D eigenvalue weighted by atomic mass is 32.1. The smallest absolute Gasteiger partial charge is 0.315 e. The van der Waals surface area contributed by atoms with Crippen LogP contribution < -0.4 is 10.6 Å². The van der Waals surface area contributed by atoms with Crippen LogP contribution in [0, 0.1) is 13.8 Å². The minimum Gasteiger partial charge on any atom is -0.481 e. The van der Waals surface area contributed by atoms with Gasteiger partial charge in [-0.2, -0.15) is 0 Å². The van der Waals surface area contributed by atoms with Crippen LogP contribution in [0.3, 0.4) is 0 Å². The summed E-state index contributed by atoms with van der Waals surface area (Å²) >= 11 is 1.55. The van der Waals surface area contributed by atoms with Gasteiger partial charge in [-0.1, -0.05) is 0 Å². The normalized spacial score (nSPS) is 11.9. The van der Waals surface area contributed by atoms with Crippen molar-refractivity contribution in [3.05, 3.63) is 15.6 Å². The Kier molecular flexibility index (Phi) is 5.08. The summed E-state index contributed by atoms with van der Waals surface area (Å²) in [4.78, 5) is 27.1. The molecule has 0 aromatic carbocycles. The maximum absolute atomic E-state index is 11.5. The van der Waals surface area contributed by atoms with Crippen LogP contribution in [-0.4, -0.2) is 28.6 Å². The molecule has 6 nitrogen and oxygen atoms in total. The van der Waals surface area contributed by atoms with Gasteiger partial charge >= 0.3 is 12.0 Å². The number of rotatable bonds is 5. The van der Waals surface area contributed by atoms with Gasteiger partial charge in [0.15, 0.2) is 0 Å². The Morgan fingerprint density at radius 1 is 1.44 bits per heavy atom. The predicted octanol–water partition coefficient (Wildman–Crippen LogP) is 1.59. The molecule has 18 heavy (non-hydrogen) atoms. The lowest BCUT2D eigenvalue weighted by Gasteiger charge is -2.13. The highest BCUT2D eigenvalue weighted by molar-refractivity contribution is 7.11. The van der Waals surface area contributed by atoms with Crippen LogP contribution in [-0.2, 0) is 4.79 Å². The molecule has 0 radical (unpaired) electrons. The summed E-state index contributed by atoms with van der Waals surface area (Å²) in [7, 11) is 0.